The zero-order valence-corrected chi connectivity index (χ0v) is 9.45. The molecule has 0 aliphatic heterocycles. The van der Waals surface area contributed by atoms with Crippen molar-refractivity contribution in [2.75, 3.05) is 0 Å². The molecule has 3 nitrogen and oxygen atoms in total. The second kappa shape index (κ2) is 4.63. The van der Waals surface area contributed by atoms with Crippen LogP contribution in [0.5, 0.6) is 0 Å². The van der Waals surface area contributed by atoms with Crippen LogP contribution >= 0.6 is 0 Å². The Kier molecular flexibility index (Phi) is 3.19. The molecule has 0 atom stereocenters. The van der Waals surface area contributed by atoms with E-state index in [1.54, 1.807) is 19.1 Å². The summed E-state index contributed by atoms with van der Waals surface area (Å²) in [6.07, 6.45) is 1.40. The van der Waals surface area contributed by atoms with E-state index in [1.165, 1.54) is 16.9 Å². The molecule has 0 bridgehead atoms. The Morgan fingerprint density at radius 3 is 2.65 bits per heavy atom. The van der Waals surface area contributed by atoms with Crippen LogP contribution in [-0.4, -0.2) is 9.78 Å². The summed E-state index contributed by atoms with van der Waals surface area (Å²) < 4.78 is 28.5. The van der Waals surface area contributed by atoms with Crippen LogP contribution in [0, 0.1) is 11.8 Å². The highest BCUT2D eigenvalue weighted by atomic mass is 19.1. The molecule has 0 amide bonds. The van der Waals surface area contributed by atoms with Gasteiger partial charge in [-0.25, -0.2) is 9.07 Å². The summed E-state index contributed by atoms with van der Waals surface area (Å²) in [5.74, 6) is -0.874. The molecule has 5 heteroatoms. The van der Waals surface area contributed by atoms with Crippen LogP contribution < -0.4 is 5.73 Å². The normalized spacial score (nSPS) is 10.8. The van der Waals surface area contributed by atoms with Gasteiger partial charge in [0.25, 0.3) is 0 Å². The van der Waals surface area contributed by atoms with Crippen LogP contribution in [0.3, 0.4) is 0 Å². The number of hydrogen-bond acceptors (Lipinski definition) is 2. The van der Waals surface area contributed by atoms with E-state index in [9.17, 15) is 8.78 Å². The minimum Gasteiger partial charge on any atom is -0.326 e. The maximum absolute atomic E-state index is 13.8. The SMILES string of the molecule is CCn1ncc(-c2ccc(CN)c(F)c2)c1F. The molecule has 0 radical (unpaired) electrons. The lowest BCUT2D eigenvalue weighted by Gasteiger charge is -2.03. The Bertz CT molecular complexity index is 535. The lowest BCUT2D eigenvalue weighted by molar-refractivity contribution is 0.473. The zero-order valence-electron chi connectivity index (χ0n) is 9.45. The van der Waals surface area contributed by atoms with Gasteiger partial charge in [-0.05, 0) is 18.6 Å². The van der Waals surface area contributed by atoms with E-state index in [1.807, 2.05) is 0 Å². The van der Waals surface area contributed by atoms with Crippen molar-refractivity contribution in [1.82, 2.24) is 9.78 Å². The van der Waals surface area contributed by atoms with Crippen molar-refractivity contribution in [3.05, 3.63) is 41.7 Å². The first-order chi connectivity index (χ1) is 8.17. The minimum absolute atomic E-state index is 0.128. The summed E-state index contributed by atoms with van der Waals surface area (Å²) in [5, 5.41) is 3.88. The van der Waals surface area contributed by atoms with E-state index >= 15 is 0 Å². The lowest BCUT2D eigenvalue weighted by Crippen LogP contribution is -2.01. The fraction of sp³-hybridized carbons (Fsp3) is 0.250. The largest absolute Gasteiger partial charge is 0.326 e. The van der Waals surface area contributed by atoms with E-state index in [2.05, 4.69) is 5.10 Å². The first-order valence-electron chi connectivity index (χ1n) is 5.37. The van der Waals surface area contributed by atoms with Gasteiger partial charge in [-0.3, -0.25) is 0 Å². The van der Waals surface area contributed by atoms with Crippen LogP contribution in [0.1, 0.15) is 12.5 Å². The van der Waals surface area contributed by atoms with Crippen molar-refractivity contribution < 1.29 is 8.78 Å². The number of hydrogen-bond donors (Lipinski definition) is 1. The average molecular weight is 237 g/mol. The smallest absolute Gasteiger partial charge is 0.219 e. The molecule has 0 aliphatic rings. The lowest BCUT2D eigenvalue weighted by atomic mass is 10.1. The Hall–Kier alpha value is -1.75. The predicted molar refractivity (Wildman–Crippen MR) is 61.1 cm³/mol. The summed E-state index contributed by atoms with van der Waals surface area (Å²) in [5.41, 5.74) is 6.55. The van der Waals surface area contributed by atoms with Crippen molar-refractivity contribution in [2.24, 2.45) is 5.73 Å². The number of aromatic nitrogens is 2. The van der Waals surface area contributed by atoms with Gasteiger partial charge in [0.15, 0.2) is 0 Å². The molecule has 1 heterocycles. The van der Waals surface area contributed by atoms with Crippen LogP contribution in [0.4, 0.5) is 8.78 Å². The minimum atomic E-state index is -0.451. The topological polar surface area (TPSA) is 43.8 Å². The van der Waals surface area contributed by atoms with Crippen LogP contribution in [0.25, 0.3) is 11.1 Å². The molecule has 0 saturated heterocycles. The number of nitrogens with zero attached hydrogens (tertiary/aromatic N) is 2. The van der Waals surface area contributed by atoms with Crippen molar-refractivity contribution >= 4 is 0 Å². The molecule has 0 aliphatic carbocycles. The number of nitrogens with two attached hydrogens (primary N) is 1. The fourth-order valence-electron chi connectivity index (χ4n) is 1.66. The molecule has 0 saturated carbocycles. The first-order valence-corrected chi connectivity index (χ1v) is 5.37. The Labute approximate surface area is 97.9 Å². The van der Waals surface area contributed by atoms with Gasteiger partial charge >= 0.3 is 0 Å². The summed E-state index contributed by atoms with van der Waals surface area (Å²) in [6, 6.07) is 4.49. The van der Waals surface area contributed by atoms with Gasteiger partial charge in [0.1, 0.15) is 5.82 Å². The second-order valence-electron chi connectivity index (χ2n) is 3.68. The van der Waals surface area contributed by atoms with E-state index in [-0.39, 0.29) is 6.54 Å². The fourth-order valence-corrected chi connectivity index (χ4v) is 1.66. The highest BCUT2D eigenvalue weighted by molar-refractivity contribution is 5.62. The van der Waals surface area contributed by atoms with Gasteiger partial charge in [-0.1, -0.05) is 12.1 Å². The van der Waals surface area contributed by atoms with E-state index in [4.69, 9.17) is 5.73 Å². The predicted octanol–water partition coefficient (Wildman–Crippen LogP) is 2.31. The summed E-state index contributed by atoms with van der Waals surface area (Å²) in [4.78, 5) is 0. The number of rotatable bonds is 3. The Morgan fingerprint density at radius 1 is 1.35 bits per heavy atom. The Morgan fingerprint density at radius 2 is 2.12 bits per heavy atom. The van der Waals surface area contributed by atoms with Gasteiger partial charge in [-0.15, -0.1) is 0 Å². The van der Waals surface area contributed by atoms with Gasteiger partial charge in [0.05, 0.1) is 11.8 Å². The molecule has 1 aromatic carbocycles. The van der Waals surface area contributed by atoms with Crippen molar-refractivity contribution in [2.45, 2.75) is 20.0 Å². The van der Waals surface area contributed by atoms with Gasteiger partial charge in [0, 0.05) is 18.7 Å². The second-order valence-corrected chi connectivity index (χ2v) is 3.68. The highest BCUT2D eigenvalue weighted by Gasteiger charge is 2.12. The third-order valence-corrected chi connectivity index (χ3v) is 2.66. The summed E-state index contributed by atoms with van der Waals surface area (Å²) in [6.45, 7) is 2.36. The molecule has 1 aromatic heterocycles. The van der Waals surface area contributed by atoms with E-state index in [0.29, 0.717) is 23.2 Å². The molecule has 2 rings (SSSR count). The van der Waals surface area contributed by atoms with Crippen LogP contribution in [0.15, 0.2) is 24.4 Å². The summed E-state index contributed by atoms with van der Waals surface area (Å²) in [7, 11) is 0. The third-order valence-electron chi connectivity index (χ3n) is 2.66. The maximum atomic E-state index is 13.8. The molecular weight excluding hydrogens is 224 g/mol. The molecule has 17 heavy (non-hydrogen) atoms. The van der Waals surface area contributed by atoms with Gasteiger partial charge in [0.2, 0.25) is 5.95 Å². The average Bonchev–Trinajstić information content (AvgIpc) is 2.70. The third kappa shape index (κ3) is 2.06. The van der Waals surface area contributed by atoms with Crippen molar-refractivity contribution in [3.63, 3.8) is 0 Å². The molecule has 90 valence electrons. The first kappa shape index (κ1) is 11.7. The maximum Gasteiger partial charge on any atom is 0.219 e. The van der Waals surface area contributed by atoms with Crippen molar-refractivity contribution in [3.8, 4) is 11.1 Å². The number of aryl methyl sites for hydroxylation is 1. The quantitative estimate of drug-likeness (QED) is 0.890. The molecule has 0 fully saturated rings. The molecular formula is C12H13F2N3. The van der Waals surface area contributed by atoms with Crippen LogP contribution in [-0.2, 0) is 13.1 Å². The summed E-state index contributed by atoms with van der Waals surface area (Å²) >= 11 is 0. The van der Waals surface area contributed by atoms with Gasteiger partial charge in [-0.2, -0.15) is 9.49 Å². The standard InChI is InChI=1S/C12H13F2N3/c1-2-17-12(14)10(7-16-17)8-3-4-9(6-15)11(13)5-8/h3-5,7H,2,6,15H2,1H3. The number of halogens is 2. The highest BCUT2D eigenvalue weighted by Crippen LogP contribution is 2.24. The van der Waals surface area contributed by atoms with E-state index in [0.717, 1.165) is 0 Å². The molecule has 0 spiro atoms. The zero-order chi connectivity index (χ0) is 12.4. The molecule has 2 aromatic rings. The van der Waals surface area contributed by atoms with Crippen molar-refractivity contribution in [1.29, 1.82) is 0 Å². The molecule has 0 unspecified atom stereocenters. The van der Waals surface area contributed by atoms with E-state index < -0.39 is 11.8 Å². The monoisotopic (exact) mass is 237 g/mol. The molecule has 2 N–H and O–H groups in total. The number of benzene rings is 1. The van der Waals surface area contributed by atoms with Gasteiger partial charge < -0.3 is 5.73 Å². The van der Waals surface area contributed by atoms with Crippen LogP contribution in [0.2, 0.25) is 0 Å². The Balaban J connectivity index is 2.46.